The van der Waals surface area contributed by atoms with Crippen LogP contribution in [0.3, 0.4) is 0 Å². The molecule has 2 unspecified atom stereocenters. The first kappa shape index (κ1) is 20.5. The molecule has 7 nitrogen and oxygen atoms in total. The van der Waals surface area contributed by atoms with Gasteiger partial charge in [0.15, 0.2) is 0 Å². The number of hydrogen-bond donors (Lipinski definition) is 1. The third-order valence-corrected chi connectivity index (χ3v) is 6.15. The molecule has 3 rings (SSSR count). The number of amides is 4. The molecule has 4 amide bonds. The lowest BCUT2D eigenvalue weighted by Gasteiger charge is -2.27. The number of halogens is 1. The van der Waals surface area contributed by atoms with Crippen LogP contribution in [0, 0.1) is 0 Å². The molecule has 1 aromatic rings. The van der Waals surface area contributed by atoms with Crippen molar-refractivity contribution >= 4 is 39.6 Å². The van der Waals surface area contributed by atoms with Crippen molar-refractivity contribution in [2.75, 3.05) is 6.61 Å². The number of imide groups is 2. The van der Waals surface area contributed by atoms with Gasteiger partial charge in [0.05, 0.1) is 17.7 Å². The highest BCUT2D eigenvalue weighted by atomic mass is 79.9. The fraction of sp³-hybridized carbons (Fsp3) is 0.500. The number of alkyl halides is 1. The quantitative estimate of drug-likeness (QED) is 0.373. The molecule has 1 saturated heterocycles. The number of rotatable bonds is 8. The molecule has 28 heavy (non-hydrogen) atoms. The van der Waals surface area contributed by atoms with E-state index in [1.807, 2.05) is 0 Å². The number of hydrogen-bond acceptors (Lipinski definition) is 5. The number of piperidine rings is 1. The second-order valence-corrected chi connectivity index (χ2v) is 8.27. The molecule has 1 N–H and O–H groups in total. The molecule has 8 heteroatoms. The van der Waals surface area contributed by atoms with E-state index >= 15 is 0 Å². The van der Waals surface area contributed by atoms with Gasteiger partial charge in [0.25, 0.3) is 11.8 Å². The summed E-state index contributed by atoms with van der Waals surface area (Å²) in [5.74, 6) is -1.72. The Kier molecular flexibility index (Phi) is 6.49. The second-order valence-electron chi connectivity index (χ2n) is 6.98. The molecule has 2 aliphatic rings. The number of benzene rings is 1. The van der Waals surface area contributed by atoms with Gasteiger partial charge in [-0.25, -0.2) is 0 Å². The number of carbonyl (C=O) groups is 4. The average Bonchev–Trinajstić information content (AvgIpc) is 2.93. The molecule has 0 saturated carbocycles. The largest absolute Gasteiger partial charge is 0.493 e. The van der Waals surface area contributed by atoms with Crippen LogP contribution in [0.4, 0.5) is 0 Å². The van der Waals surface area contributed by atoms with E-state index in [4.69, 9.17) is 4.74 Å². The van der Waals surface area contributed by atoms with E-state index in [1.54, 1.807) is 18.2 Å². The van der Waals surface area contributed by atoms with Gasteiger partial charge in [-0.05, 0) is 44.2 Å². The van der Waals surface area contributed by atoms with Crippen LogP contribution in [-0.4, -0.2) is 46.0 Å². The van der Waals surface area contributed by atoms with Crippen molar-refractivity contribution < 1.29 is 23.9 Å². The molecule has 0 aromatic heterocycles. The van der Waals surface area contributed by atoms with E-state index in [9.17, 15) is 19.2 Å². The van der Waals surface area contributed by atoms with Crippen molar-refractivity contribution in [2.45, 2.75) is 56.3 Å². The van der Waals surface area contributed by atoms with Gasteiger partial charge in [0, 0.05) is 11.2 Å². The van der Waals surface area contributed by atoms with Gasteiger partial charge in [0.1, 0.15) is 11.8 Å². The zero-order valence-corrected chi connectivity index (χ0v) is 17.3. The fourth-order valence-electron chi connectivity index (χ4n) is 3.46. The third-order valence-electron chi connectivity index (χ3n) is 5.04. The van der Waals surface area contributed by atoms with Crippen LogP contribution in [0.5, 0.6) is 5.75 Å². The number of carbonyl (C=O) groups excluding carboxylic acids is 4. The molecule has 2 heterocycles. The Labute approximate surface area is 171 Å². The maximum atomic E-state index is 12.9. The molecule has 0 spiro atoms. The molecular formula is C20H23BrN2O5. The monoisotopic (exact) mass is 450 g/mol. The van der Waals surface area contributed by atoms with Crippen LogP contribution in [-0.2, 0) is 9.59 Å². The van der Waals surface area contributed by atoms with Gasteiger partial charge < -0.3 is 4.74 Å². The zero-order chi connectivity index (χ0) is 20.3. The Balaban J connectivity index is 1.70. The van der Waals surface area contributed by atoms with Crippen LogP contribution in [0.15, 0.2) is 18.2 Å². The summed E-state index contributed by atoms with van der Waals surface area (Å²) in [6, 6.07) is 3.92. The van der Waals surface area contributed by atoms with Crippen molar-refractivity contribution in [3.63, 3.8) is 0 Å². The molecule has 0 aliphatic carbocycles. The minimum absolute atomic E-state index is 0.0967. The highest BCUT2D eigenvalue weighted by Gasteiger charge is 2.45. The Morgan fingerprint density at radius 1 is 1.21 bits per heavy atom. The molecule has 1 fully saturated rings. The van der Waals surface area contributed by atoms with E-state index in [0.29, 0.717) is 17.2 Å². The lowest BCUT2D eigenvalue weighted by atomic mass is 10.0. The standard InChI is InChI=1S/C20H23BrN2O5/c1-2-12(21)6-3-4-11-28-15-8-5-7-13-17(15)20(27)23(19(13)26)14-9-10-16(24)22-18(14)25/h5,7-8,12,14H,2-4,6,9-11H2,1H3,(H,22,24,25). The van der Waals surface area contributed by atoms with E-state index in [2.05, 4.69) is 28.2 Å². The summed E-state index contributed by atoms with van der Waals surface area (Å²) in [7, 11) is 0. The molecule has 0 radical (unpaired) electrons. The summed E-state index contributed by atoms with van der Waals surface area (Å²) >= 11 is 3.60. The summed E-state index contributed by atoms with van der Waals surface area (Å²) in [6.07, 6.45) is 4.18. The first-order chi connectivity index (χ1) is 13.4. The van der Waals surface area contributed by atoms with Gasteiger partial charge in [-0.2, -0.15) is 0 Å². The number of fused-ring (bicyclic) bond motifs is 1. The maximum Gasteiger partial charge on any atom is 0.266 e. The van der Waals surface area contributed by atoms with Crippen LogP contribution in [0.25, 0.3) is 0 Å². The molecule has 150 valence electrons. The molecule has 0 bridgehead atoms. The SMILES string of the molecule is CCC(Br)CCCCOc1cccc2c1C(=O)N(C1CCC(=O)NC1=O)C2=O. The first-order valence-corrected chi connectivity index (χ1v) is 10.5. The smallest absolute Gasteiger partial charge is 0.266 e. The van der Waals surface area contributed by atoms with E-state index in [-0.39, 0.29) is 24.0 Å². The number of unbranched alkanes of at least 4 members (excludes halogenated alkanes) is 1. The molecule has 2 aliphatic heterocycles. The van der Waals surface area contributed by atoms with Gasteiger partial charge >= 0.3 is 0 Å². The number of nitrogens with zero attached hydrogens (tertiary/aromatic N) is 1. The second kappa shape index (κ2) is 8.86. The van der Waals surface area contributed by atoms with Crippen molar-refractivity contribution in [3.05, 3.63) is 29.3 Å². The van der Waals surface area contributed by atoms with Crippen molar-refractivity contribution in [1.29, 1.82) is 0 Å². The lowest BCUT2D eigenvalue weighted by molar-refractivity contribution is -0.136. The van der Waals surface area contributed by atoms with Crippen LogP contribution < -0.4 is 10.1 Å². The summed E-state index contributed by atoms with van der Waals surface area (Å²) in [5, 5.41) is 2.19. The zero-order valence-electron chi connectivity index (χ0n) is 15.7. The van der Waals surface area contributed by atoms with Gasteiger partial charge in [-0.15, -0.1) is 0 Å². The predicted octanol–water partition coefficient (Wildman–Crippen LogP) is 2.81. The fourth-order valence-corrected chi connectivity index (χ4v) is 3.78. The average molecular weight is 451 g/mol. The lowest BCUT2D eigenvalue weighted by Crippen LogP contribution is -2.54. The number of nitrogens with one attached hydrogen (secondary N) is 1. The maximum absolute atomic E-state index is 12.9. The van der Waals surface area contributed by atoms with Crippen molar-refractivity contribution in [2.24, 2.45) is 0 Å². The van der Waals surface area contributed by atoms with Crippen LogP contribution >= 0.6 is 15.9 Å². The van der Waals surface area contributed by atoms with Gasteiger partial charge in [0.2, 0.25) is 11.8 Å². The minimum atomic E-state index is -0.970. The topological polar surface area (TPSA) is 92.8 Å². The Morgan fingerprint density at radius 3 is 2.71 bits per heavy atom. The third kappa shape index (κ3) is 4.11. The highest BCUT2D eigenvalue weighted by Crippen LogP contribution is 2.33. The Morgan fingerprint density at radius 2 is 2.00 bits per heavy atom. The predicted molar refractivity (Wildman–Crippen MR) is 105 cm³/mol. The summed E-state index contributed by atoms with van der Waals surface area (Å²) in [5.41, 5.74) is 0.433. The number of ether oxygens (including phenoxy) is 1. The highest BCUT2D eigenvalue weighted by molar-refractivity contribution is 9.09. The Hall–Kier alpha value is -2.22. The van der Waals surface area contributed by atoms with Crippen LogP contribution in [0.2, 0.25) is 0 Å². The molecule has 1 aromatic carbocycles. The van der Waals surface area contributed by atoms with Crippen LogP contribution in [0.1, 0.15) is 66.2 Å². The van der Waals surface area contributed by atoms with Crippen molar-refractivity contribution in [3.8, 4) is 5.75 Å². The van der Waals surface area contributed by atoms with Crippen molar-refractivity contribution in [1.82, 2.24) is 10.2 Å². The summed E-state index contributed by atoms with van der Waals surface area (Å²) in [4.78, 5) is 50.6. The first-order valence-electron chi connectivity index (χ1n) is 9.55. The summed E-state index contributed by atoms with van der Waals surface area (Å²) < 4.78 is 5.79. The molecule has 2 atom stereocenters. The minimum Gasteiger partial charge on any atom is -0.493 e. The van der Waals surface area contributed by atoms with Gasteiger partial charge in [-0.3, -0.25) is 29.4 Å². The van der Waals surface area contributed by atoms with E-state index < -0.39 is 29.7 Å². The normalized spacial score (nSPS) is 20.2. The molecular weight excluding hydrogens is 428 g/mol. The Bertz CT molecular complexity index is 810. The van der Waals surface area contributed by atoms with Gasteiger partial charge in [-0.1, -0.05) is 28.9 Å². The van der Waals surface area contributed by atoms with E-state index in [1.165, 1.54) is 0 Å². The summed E-state index contributed by atoms with van der Waals surface area (Å²) in [6.45, 7) is 2.57. The van der Waals surface area contributed by atoms with E-state index in [0.717, 1.165) is 30.6 Å².